The van der Waals surface area contributed by atoms with Gasteiger partial charge in [0.25, 0.3) is 0 Å². The van der Waals surface area contributed by atoms with Gasteiger partial charge in [-0.3, -0.25) is 4.79 Å². The number of aromatic nitrogens is 3. The third kappa shape index (κ3) is 6.56. The molecule has 0 saturated carbocycles. The quantitative estimate of drug-likeness (QED) is 0.289. The van der Waals surface area contributed by atoms with Crippen molar-refractivity contribution in [3.8, 4) is 11.3 Å². The highest BCUT2D eigenvalue weighted by molar-refractivity contribution is 9.10. The molecule has 3 aromatic carbocycles. The summed E-state index contributed by atoms with van der Waals surface area (Å²) in [6, 6.07) is 22.0. The van der Waals surface area contributed by atoms with Gasteiger partial charge < -0.3 is 15.1 Å². The van der Waals surface area contributed by atoms with E-state index < -0.39 is 5.82 Å². The minimum absolute atomic E-state index is 0.0430. The van der Waals surface area contributed by atoms with E-state index in [-0.39, 0.29) is 23.4 Å². The Morgan fingerprint density at radius 1 is 1.05 bits per heavy atom. The molecule has 40 heavy (non-hydrogen) atoms. The Morgan fingerprint density at radius 3 is 2.52 bits per heavy atom. The first kappa shape index (κ1) is 27.5. The molecule has 10 heteroatoms. The van der Waals surface area contributed by atoms with Gasteiger partial charge in [0.1, 0.15) is 11.5 Å². The number of amides is 3. The summed E-state index contributed by atoms with van der Waals surface area (Å²) in [5.41, 5.74) is 3.22. The molecule has 5 rings (SSSR count). The topological polar surface area (TPSA) is 83.4 Å². The molecule has 0 unspecified atom stereocenters. The van der Waals surface area contributed by atoms with Crippen LogP contribution >= 0.6 is 15.9 Å². The zero-order valence-electron chi connectivity index (χ0n) is 22.1. The first-order chi connectivity index (χ1) is 19.4. The molecule has 1 aliphatic heterocycles. The van der Waals surface area contributed by atoms with Gasteiger partial charge >= 0.3 is 6.03 Å². The highest BCUT2D eigenvalue weighted by Gasteiger charge is 2.29. The molecule has 0 spiro atoms. The molecule has 1 saturated heterocycles. The van der Waals surface area contributed by atoms with Crippen molar-refractivity contribution in [2.75, 3.05) is 25.5 Å². The van der Waals surface area contributed by atoms with Crippen molar-refractivity contribution in [2.45, 2.75) is 25.9 Å². The van der Waals surface area contributed by atoms with Crippen LogP contribution in [0.15, 0.2) is 83.5 Å². The van der Waals surface area contributed by atoms with Gasteiger partial charge in [-0.15, -0.1) is 5.10 Å². The predicted molar refractivity (Wildman–Crippen MR) is 155 cm³/mol. The molecule has 1 N–H and O–H groups in total. The summed E-state index contributed by atoms with van der Waals surface area (Å²) in [5, 5.41) is 11.2. The number of anilines is 1. The van der Waals surface area contributed by atoms with Gasteiger partial charge in [-0.1, -0.05) is 69.7 Å². The zero-order valence-corrected chi connectivity index (χ0v) is 23.7. The molecule has 1 fully saturated rings. The minimum Gasteiger partial charge on any atom is -0.326 e. The van der Waals surface area contributed by atoms with E-state index in [9.17, 15) is 14.0 Å². The lowest BCUT2D eigenvalue weighted by Gasteiger charge is -2.34. The number of piperidine rings is 1. The first-order valence-electron chi connectivity index (χ1n) is 13.2. The zero-order chi connectivity index (χ0) is 28.1. The van der Waals surface area contributed by atoms with Crippen LogP contribution in [0.2, 0.25) is 0 Å². The lowest BCUT2D eigenvalue weighted by atomic mass is 9.96. The van der Waals surface area contributed by atoms with Gasteiger partial charge in [-0.2, -0.15) is 0 Å². The van der Waals surface area contributed by atoms with Crippen molar-refractivity contribution in [2.24, 2.45) is 5.92 Å². The van der Waals surface area contributed by atoms with Crippen molar-refractivity contribution >= 4 is 33.6 Å². The Bertz CT molecular complexity index is 1490. The Kier molecular flexibility index (Phi) is 8.54. The second-order valence-corrected chi connectivity index (χ2v) is 10.8. The van der Waals surface area contributed by atoms with E-state index in [1.54, 1.807) is 39.9 Å². The van der Waals surface area contributed by atoms with Crippen molar-refractivity contribution in [1.29, 1.82) is 0 Å². The summed E-state index contributed by atoms with van der Waals surface area (Å²) in [6.07, 6.45) is 2.81. The summed E-state index contributed by atoms with van der Waals surface area (Å²) < 4.78 is 17.3. The van der Waals surface area contributed by atoms with Crippen LogP contribution in [0.4, 0.5) is 14.9 Å². The SMILES string of the molecule is CN(Cc1ccccc1)C(=O)N1CCC(C(=O)Nc2ccc(F)c(-c3cn(Cc4ccccc4Br)nn3)c2)CC1. The molecule has 4 aromatic rings. The van der Waals surface area contributed by atoms with Crippen molar-refractivity contribution < 1.29 is 14.0 Å². The molecular weight excluding hydrogens is 575 g/mol. The number of likely N-dealkylation sites (tertiary alicyclic amines) is 1. The van der Waals surface area contributed by atoms with E-state index in [4.69, 9.17) is 0 Å². The molecule has 206 valence electrons. The number of halogens is 2. The van der Waals surface area contributed by atoms with Crippen LogP contribution in [-0.4, -0.2) is 56.9 Å². The second kappa shape index (κ2) is 12.4. The van der Waals surface area contributed by atoms with E-state index in [1.807, 2.05) is 54.6 Å². The van der Waals surface area contributed by atoms with Gasteiger partial charge in [0, 0.05) is 48.3 Å². The number of hydrogen-bond acceptors (Lipinski definition) is 4. The molecule has 0 aliphatic carbocycles. The van der Waals surface area contributed by atoms with E-state index in [0.717, 1.165) is 15.6 Å². The number of carbonyl (C=O) groups excluding carboxylic acids is 2. The third-order valence-electron chi connectivity index (χ3n) is 7.06. The highest BCUT2D eigenvalue weighted by Crippen LogP contribution is 2.27. The lowest BCUT2D eigenvalue weighted by Crippen LogP contribution is -2.46. The molecule has 0 bridgehead atoms. The van der Waals surface area contributed by atoms with Crippen LogP contribution < -0.4 is 5.32 Å². The number of nitrogens with zero attached hydrogens (tertiary/aromatic N) is 5. The monoisotopic (exact) mass is 604 g/mol. The largest absolute Gasteiger partial charge is 0.326 e. The molecule has 0 atom stereocenters. The standard InChI is InChI=1S/C30H30BrFN6O2/c1-36(18-21-7-3-2-4-8-21)30(40)37-15-13-22(14-16-37)29(39)33-24-11-12-27(32)25(17-24)28-20-38(35-34-28)19-23-9-5-6-10-26(23)31/h2-12,17,20,22H,13-16,18-19H2,1H3,(H,33,39). The van der Waals surface area contributed by atoms with Crippen LogP contribution in [-0.2, 0) is 17.9 Å². The number of rotatable bonds is 7. The Hall–Kier alpha value is -4.05. The van der Waals surface area contributed by atoms with Crippen LogP contribution in [0.5, 0.6) is 0 Å². The van der Waals surface area contributed by atoms with Gasteiger partial charge in [0.05, 0.1) is 12.7 Å². The molecule has 1 aliphatic rings. The van der Waals surface area contributed by atoms with E-state index >= 15 is 0 Å². The summed E-state index contributed by atoms with van der Waals surface area (Å²) in [5.74, 6) is -0.820. The third-order valence-corrected chi connectivity index (χ3v) is 7.84. The second-order valence-electron chi connectivity index (χ2n) is 9.96. The van der Waals surface area contributed by atoms with Crippen LogP contribution in [0.1, 0.15) is 24.0 Å². The summed E-state index contributed by atoms with van der Waals surface area (Å²) in [6.45, 7) is 2.02. The normalized spacial score (nSPS) is 13.7. The average Bonchev–Trinajstić information content (AvgIpc) is 3.43. The number of hydrogen-bond donors (Lipinski definition) is 1. The smallest absolute Gasteiger partial charge is 0.320 e. The number of benzene rings is 3. The Morgan fingerprint density at radius 2 is 1.77 bits per heavy atom. The molecule has 3 amide bonds. The van der Waals surface area contributed by atoms with Crippen LogP contribution in [0, 0.1) is 11.7 Å². The lowest BCUT2D eigenvalue weighted by molar-refractivity contribution is -0.121. The van der Waals surface area contributed by atoms with Gasteiger partial charge in [-0.25, -0.2) is 13.9 Å². The highest BCUT2D eigenvalue weighted by atomic mass is 79.9. The fraction of sp³-hybridized carbons (Fsp3) is 0.267. The maximum atomic E-state index is 14.7. The van der Waals surface area contributed by atoms with E-state index in [0.29, 0.717) is 50.4 Å². The molecule has 0 radical (unpaired) electrons. The average molecular weight is 606 g/mol. The fourth-order valence-electron chi connectivity index (χ4n) is 4.84. The van der Waals surface area contributed by atoms with E-state index in [1.165, 1.54) is 6.07 Å². The van der Waals surface area contributed by atoms with Gasteiger partial charge in [0.15, 0.2) is 0 Å². The van der Waals surface area contributed by atoms with Crippen LogP contribution in [0.3, 0.4) is 0 Å². The maximum Gasteiger partial charge on any atom is 0.320 e. The Labute approximate surface area is 240 Å². The Balaban J connectivity index is 1.17. The minimum atomic E-state index is -0.447. The predicted octanol–water partition coefficient (Wildman–Crippen LogP) is 5.80. The summed E-state index contributed by atoms with van der Waals surface area (Å²) in [4.78, 5) is 29.4. The van der Waals surface area contributed by atoms with E-state index in [2.05, 4.69) is 31.6 Å². The number of nitrogens with one attached hydrogen (secondary N) is 1. The number of urea groups is 1. The van der Waals surface area contributed by atoms with Gasteiger partial charge in [-0.05, 0) is 48.2 Å². The summed E-state index contributed by atoms with van der Waals surface area (Å²) in [7, 11) is 1.79. The van der Waals surface area contributed by atoms with Gasteiger partial charge in [0.2, 0.25) is 5.91 Å². The number of carbonyl (C=O) groups is 2. The summed E-state index contributed by atoms with van der Waals surface area (Å²) >= 11 is 3.53. The maximum absolute atomic E-state index is 14.7. The van der Waals surface area contributed by atoms with Crippen molar-refractivity contribution in [3.63, 3.8) is 0 Å². The molecule has 1 aromatic heterocycles. The van der Waals surface area contributed by atoms with Crippen molar-refractivity contribution in [1.82, 2.24) is 24.8 Å². The molecule has 2 heterocycles. The molecular formula is C30H30BrFN6O2. The first-order valence-corrected chi connectivity index (χ1v) is 13.9. The fourth-order valence-corrected chi connectivity index (χ4v) is 5.25. The van der Waals surface area contributed by atoms with Crippen molar-refractivity contribution in [3.05, 3.63) is 100 Å². The van der Waals surface area contributed by atoms with Crippen LogP contribution in [0.25, 0.3) is 11.3 Å². The molecule has 8 nitrogen and oxygen atoms in total.